The fourth-order valence-electron chi connectivity index (χ4n) is 2.81. The van der Waals surface area contributed by atoms with Gasteiger partial charge in [0.1, 0.15) is 6.04 Å². The Labute approximate surface area is 118 Å². The van der Waals surface area contributed by atoms with Crippen LogP contribution in [0.3, 0.4) is 0 Å². The van der Waals surface area contributed by atoms with Crippen molar-refractivity contribution < 1.29 is 9.26 Å². The molecule has 0 bridgehead atoms. The molecule has 0 saturated heterocycles. The topological polar surface area (TPSA) is 74.2 Å². The molecule has 106 valence electrons. The lowest BCUT2D eigenvalue weighted by molar-refractivity contribution is 0.166. The van der Waals surface area contributed by atoms with Crippen LogP contribution in [0.2, 0.25) is 0 Å². The lowest BCUT2D eigenvalue weighted by Gasteiger charge is -2.22. The molecule has 0 aliphatic heterocycles. The second kappa shape index (κ2) is 5.73. The second-order valence-electron chi connectivity index (χ2n) is 5.20. The van der Waals surface area contributed by atoms with Crippen LogP contribution in [0.25, 0.3) is 0 Å². The summed E-state index contributed by atoms with van der Waals surface area (Å²) < 4.78 is 10.3. The van der Waals surface area contributed by atoms with Crippen molar-refractivity contribution in [1.29, 1.82) is 0 Å². The Morgan fingerprint density at radius 2 is 2.30 bits per heavy atom. The molecule has 5 nitrogen and oxygen atoms in total. The van der Waals surface area contributed by atoms with E-state index >= 15 is 0 Å². The minimum absolute atomic E-state index is 0.215. The van der Waals surface area contributed by atoms with E-state index in [0.717, 1.165) is 25.1 Å². The number of nitrogens with zero attached hydrogens (tertiary/aromatic N) is 2. The smallest absolute Gasteiger partial charge is 0.245 e. The van der Waals surface area contributed by atoms with Gasteiger partial charge in [-0.3, -0.25) is 0 Å². The number of methoxy groups -OCH3 is 1. The highest BCUT2D eigenvalue weighted by atomic mass is 16.5. The van der Waals surface area contributed by atoms with Gasteiger partial charge in [-0.1, -0.05) is 29.4 Å². The van der Waals surface area contributed by atoms with Gasteiger partial charge in [0.05, 0.1) is 6.61 Å². The number of aromatic nitrogens is 2. The molecule has 20 heavy (non-hydrogen) atoms. The number of rotatable bonds is 4. The van der Waals surface area contributed by atoms with Gasteiger partial charge >= 0.3 is 0 Å². The van der Waals surface area contributed by atoms with Gasteiger partial charge in [-0.2, -0.15) is 4.98 Å². The summed E-state index contributed by atoms with van der Waals surface area (Å²) in [7, 11) is 1.61. The van der Waals surface area contributed by atoms with E-state index < -0.39 is 0 Å². The van der Waals surface area contributed by atoms with Crippen LogP contribution < -0.4 is 5.73 Å². The third kappa shape index (κ3) is 2.46. The van der Waals surface area contributed by atoms with E-state index in [0.29, 0.717) is 12.5 Å². The third-order valence-electron chi connectivity index (χ3n) is 3.80. The zero-order valence-corrected chi connectivity index (χ0v) is 11.6. The molecule has 5 heteroatoms. The summed E-state index contributed by atoms with van der Waals surface area (Å²) in [6.45, 7) is 0.378. The molecule has 2 atom stereocenters. The Hall–Kier alpha value is -1.72. The summed E-state index contributed by atoms with van der Waals surface area (Å²) in [6, 6.07) is 8.12. The fourth-order valence-corrected chi connectivity index (χ4v) is 2.81. The molecule has 0 amide bonds. The minimum Gasteiger partial charge on any atom is -0.383 e. The fraction of sp³-hybridized carbons (Fsp3) is 0.467. The van der Waals surface area contributed by atoms with Crippen molar-refractivity contribution in [3.8, 4) is 0 Å². The van der Waals surface area contributed by atoms with Crippen LogP contribution in [0.4, 0.5) is 0 Å². The Morgan fingerprint density at radius 1 is 1.45 bits per heavy atom. The first-order chi connectivity index (χ1) is 9.79. The summed E-state index contributed by atoms with van der Waals surface area (Å²) >= 11 is 0. The molecular weight excluding hydrogens is 254 g/mol. The number of hydrogen-bond donors (Lipinski definition) is 1. The summed E-state index contributed by atoms with van der Waals surface area (Å²) in [5.41, 5.74) is 8.62. The number of nitrogens with two attached hydrogens (primary N) is 1. The van der Waals surface area contributed by atoms with Gasteiger partial charge < -0.3 is 15.0 Å². The SMILES string of the molecule is COCC(N)c1nc(C2CCCc3ccccc32)no1. The van der Waals surface area contributed by atoms with Crippen LogP contribution >= 0.6 is 0 Å². The molecule has 1 aliphatic rings. The molecule has 2 N–H and O–H groups in total. The van der Waals surface area contributed by atoms with E-state index in [-0.39, 0.29) is 12.0 Å². The maximum atomic E-state index is 5.92. The molecule has 1 heterocycles. The van der Waals surface area contributed by atoms with Crippen molar-refractivity contribution in [2.45, 2.75) is 31.2 Å². The maximum Gasteiger partial charge on any atom is 0.245 e. The quantitative estimate of drug-likeness (QED) is 0.924. The van der Waals surface area contributed by atoms with Crippen molar-refractivity contribution in [3.05, 3.63) is 47.1 Å². The van der Waals surface area contributed by atoms with E-state index in [2.05, 4.69) is 34.4 Å². The van der Waals surface area contributed by atoms with E-state index in [4.69, 9.17) is 15.0 Å². The van der Waals surface area contributed by atoms with Crippen LogP contribution in [0.5, 0.6) is 0 Å². The van der Waals surface area contributed by atoms with Gasteiger partial charge in [0.15, 0.2) is 5.82 Å². The first-order valence-corrected chi connectivity index (χ1v) is 6.95. The van der Waals surface area contributed by atoms with Crippen molar-refractivity contribution in [2.75, 3.05) is 13.7 Å². The second-order valence-corrected chi connectivity index (χ2v) is 5.20. The number of fused-ring (bicyclic) bond motifs is 1. The van der Waals surface area contributed by atoms with Crippen molar-refractivity contribution in [2.24, 2.45) is 5.73 Å². The van der Waals surface area contributed by atoms with Crippen LogP contribution in [0.15, 0.2) is 28.8 Å². The lowest BCUT2D eigenvalue weighted by Crippen LogP contribution is -2.17. The number of aryl methyl sites for hydroxylation is 1. The zero-order valence-electron chi connectivity index (χ0n) is 11.6. The number of ether oxygens (including phenoxy) is 1. The van der Waals surface area contributed by atoms with Crippen LogP contribution in [0, 0.1) is 0 Å². The third-order valence-corrected chi connectivity index (χ3v) is 3.80. The van der Waals surface area contributed by atoms with Gasteiger partial charge in [0.2, 0.25) is 5.89 Å². The molecule has 3 rings (SSSR count). The molecule has 0 fully saturated rings. The Morgan fingerprint density at radius 3 is 3.15 bits per heavy atom. The summed E-state index contributed by atoms with van der Waals surface area (Å²) in [5.74, 6) is 1.40. The highest BCUT2D eigenvalue weighted by Gasteiger charge is 2.26. The number of benzene rings is 1. The lowest BCUT2D eigenvalue weighted by atomic mass is 9.82. The predicted octanol–water partition coefficient (Wildman–Crippen LogP) is 2.18. The van der Waals surface area contributed by atoms with Gasteiger partial charge in [-0.05, 0) is 30.4 Å². The Bertz CT molecular complexity index is 582. The van der Waals surface area contributed by atoms with Crippen molar-refractivity contribution in [1.82, 2.24) is 10.1 Å². The highest BCUT2D eigenvalue weighted by molar-refractivity contribution is 5.36. The molecule has 1 aromatic carbocycles. The van der Waals surface area contributed by atoms with Crippen molar-refractivity contribution in [3.63, 3.8) is 0 Å². The standard InChI is InChI=1S/C15H19N3O2/c1-19-9-13(16)15-17-14(18-20-15)12-8-4-6-10-5-2-3-7-11(10)12/h2-3,5,7,12-13H,4,6,8-9,16H2,1H3. The van der Waals surface area contributed by atoms with Gasteiger partial charge in [0.25, 0.3) is 0 Å². The van der Waals surface area contributed by atoms with Crippen molar-refractivity contribution >= 4 is 0 Å². The molecule has 0 radical (unpaired) electrons. The molecular formula is C15H19N3O2. The van der Waals surface area contributed by atoms with E-state index in [1.54, 1.807) is 7.11 Å². The average molecular weight is 273 g/mol. The largest absolute Gasteiger partial charge is 0.383 e. The molecule has 2 aromatic rings. The molecule has 0 spiro atoms. The van der Waals surface area contributed by atoms with Crippen LogP contribution in [-0.2, 0) is 11.2 Å². The molecule has 0 saturated carbocycles. The normalized spacial score (nSPS) is 19.6. The summed E-state index contributed by atoms with van der Waals surface area (Å²) in [6.07, 6.45) is 3.33. The Kier molecular flexibility index (Phi) is 3.80. The molecule has 2 unspecified atom stereocenters. The molecule has 1 aromatic heterocycles. The van der Waals surface area contributed by atoms with Gasteiger partial charge in [-0.25, -0.2) is 0 Å². The van der Waals surface area contributed by atoms with Gasteiger partial charge in [0, 0.05) is 13.0 Å². The van der Waals surface area contributed by atoms with E-state index in [1.165, 1.54) is 11.1 Å². The maximum absolute atomic E-state index is 5.92. The summed E-state index contributed by atoms with van der Waals surface area (Å²) in [4.78, 5) is 4.47. The van der Waals surface area contributed by atoms with Gasteiger partial charge in [-0.15, -0.1) is 0 Å². The summed E-state index contributed by atoms with van der Waals surface area (Å²) in [5, 5.41) is 4.12. The Balaban J connectivity index is 1.87. The van der Waals surface area contributed by atoms with Crippen LogP contribution in [0.1, 0.15) is 47.6 Å². The zero-order chi connectivity index (χ0) is 13.9. The minimum atomic E-state index is -0.361. The predicted molar refractivity (Wildman–Crippen MR) is 74.3 cm³/mol. The monoisotopic (exact) mass is 273 g/mol. The highest BCUT2D eigenvalue weighted by Crippen LogP contribution is 2.35. The number of hydrogen-bond acceptors (Lipinski definition) is 5. The first kappa shape index (κ1) is 13.3. The molecule has 1 aliphatic carbocycles. The van der Waals surface area contributed by atoms with E-state index in [9.17, 15) is 0 Å². The van der Waals surface area contributed by atoms with Crippen LogP contribution in [-0.4, -0.2) is 23.9 Å². The average Bonchev–Trinajstić information content (AvgIpc) is 2.97. The van der Waals surface area contributed by atoms with E-state index in [1.807, 2.05) is 0 Å². The first-order valence-electron chi connectivity index (χ1n) is 6.95.